The molecule has 0 aromatic heterocycles. The van der Waals surface area contributed by atoms with Crippen LogP contribution in [0.25, 0.3) is 0 Å². The number of carboxylic acids is 1. The standard InChI is InChI=1S/C7H13BN2O2S/c1-10(4-8)7(13)5(9)2-3-6(11)12/h5H,2-4,9H2,1H3,(H,11,12)/t5-/m0/s1. The molecule has 0 aliphatic heterocycles. The lowest BCUT2D eigenvalue weighted by Crippen LogP contribution is -2.41. The van der Waals surface area contributed by atoms with E-state index < -0.39 is 12.0 Å². The predicted molar refractivity (Wildman–Crippen MR) is 55.8 cm³/mol. The minimum absolute atomic E-state index is 0.0275. The molecule has 0 saturated carbocycles. The molecule has 13 heavy (non-hydrogen) atoms. The number of nitrogens with zero attached hydrogens (tertiary/aromatic N) is 1. The molecule has 72 valence electrons. The predicted octanol–water partition coefficient (Wildman–Crippen LogP) is -0.436. The van der Waals surface area contributed by atoms with Crippen LogP contribution in [-0.2, 0) is 4.79 Å². The number of hydrogen-bond acceptors (Lipinski definition) is 3. The minimum atomic E-state index is -0.867. The Labute approximate surface area is 84.5 Å². The van der Waals surface area contributed by atoms with Crippen molar-refractivity contribution in [2.24, 2.45) is 5.73 Å². The van der Waals surface area contributed by atoms with Gasteiger partial charge in [0.05, 0.1) is 18.9 Å². The molecule has 0 saturated heterocycles. The Morgan fingerprint density at radius 1 is 1.77 bits per heavy atom. The van der Waals surface area contributed by atoms with Gasteiger partial charge in [0.2, 0.25) is 0 Å². The molecule has 4 nitrogen and oxygen atoms in total. The summed E-state index contributed by atoms with van der Waals surface area (Å²) in [5.74, 6) is -0.867. The van der Waals surface area contributed by atoms with Gasteiger partial charge < -0.3 is 15.7 Å². The van der Waals surface area contributed by atoms with Crippen molar-refractivity contribution in [3.8, 4) is 0 Å². The van der Waals surface area contributed by atoms with Gasteiger partial charge in [-0.3, -0.25) is 4.79 Å². The fourth-order valence-electron chi connectivity index (χ4n) is 0.776. The second kappa shape index (κ2) is 5.93. The van der Waals surface area contributed by atoms with E-state index in [2.05, 4.69) is 0 Å². The highest BCUT2D eigenvalue weighted by Crippen LogP contribution is 2.00. The summed E-state index contributed by atoms with van der Waals surface area (Å²) in [6.07, 6.45) is 0.665. The Balaban J connectivity index is 3.89. The van der Waals surface area contributed by atoms with E-state index in [-0.39, 0.29) is 6.42 Å². The number of aliphatic carboxylic acids is 1. The van der Waals surface area contributed by atoms with E-state index in [1.54, 1.807) is 11.9 Å². The molecule has 6 heteroatoms. The van der Waals surface area contributed by atoms with Gasteiger partial charge in [0.15, 0.2) is 0 Å². The third kappa shape index (κ3) is 4.85. The minimum Gasteiger partial charge on any atom is -0.481 e. The maximum Gasteiger partial charge on any atom is 0.303 e. The van der Waals surface area contributed by atoms with E-state index in [0.29, 0.717) is 17.9 Å². The van der Waals surface area contributed by atoms with Crippen molar-refractivity contribution < 1.29 is 9.90 Å². The van der Waals surface area contributed by atoms with Crippen molar-refractivity contribution in [2.45, 2.75) is 18.9 Å². The van der Waals surface area contributed by atoms with Gasteiger partial charge in [-0.05, 0) is 12.9 Å². The molecule has 0 heterocycles. The van der Waals surface area contributed by atoms with Gasteiger partial charge >= 0.3 is 5.97 Å². The average molecular weight is 200 g/mol. The van der Waals surface area contributed by atoms with Crippen molar-refractivity contribution >= 4 is 31.0 Å². The van der Waals surface area contributed by atoms with Crippen LogP contribution in [0.5, 0.6) is 0 Å². The van der Waals surface area contributed by atoms with E-state index in [9.17, 15) is 4.79 Å². The molecule has 0 amide bonds. The lowest BCUT2D eigenvalue weighted by Gasteiger charge is -2.22. The van der Waals surface area contributed by atoms with Crippen molar-refractivity contribution in [1.82, 2.24) is 4.90 Å². The fourth-order valence-corrected chi connectivity index (χ4v) is 0.968. The molecule has 0 rings (SSSR count). The van der Waals surface area contributed by atoms with Crippen LogP contribution in [0.15, 0.2) is 0 Å². The zero-order valence-corrected chi connectivity index (χ0v) is 8.38. The van der Waals surface area contributed by atoms with Gasteiger partial charge in [-0.1, -0.05) is 12.2 Å². The lowest BCUT2D eigenvalue weighted by atomic mass is 10.1. The molecule has 0 aliphatic carbocycles. The van der Waals surface area contributed by atoms with Crippen LogP contribution >= 0.6 is 12.2 Å². The SMILES string of the molecule is [B]CN(C)C(=S)[C@@H](N)CCC(=O)O. The van der Waals surface area contributed by atoms with Gasteiger partial charge in [-0.15, -0.1) is 0 Å². The Bertz CT molecular complexity index is 201. The molecule has 0 unspecified atom stereocenters. The number of carboxylic acid groups (broad SMARTS) is 1. The van der Waals surface area contributed by atoms with Gasteiger partial charge in [0, 0.05) is 13.5 Å². The van der Waals surface area contributed by atoms with Crippen molar-refractivity contribution in [2.75, 3.05) is 13.5 Å². The Morgan fingerprint density at radius 3 is 2.69 bits per heavy atom. The number of thiocarbonyl (C=S) groups is 1. The lowest BCUT2D eigenvalue weighted by molar-refractivity contribution is -0.137. The third-order valence-corrected chi connectivity index (χ3v) is 2.25. The summed E-state index contributed by atoms with van der Waals surface area (Å²) in [4.78, 5) is 12.4. The quantitative estimate of drug-likeness (QED) is 0.465. The topological polar surface area (TPSA) is 66.6 Å². The molecular weight excluding hydrogens is 187 g/mol. The van der Waals surface area contributed by atoms with Crippen LogP contribution in [0, 0.1) is 0 Å². The molecular formula is C7H13BN2O2S. The van der Waals surface area contributed by atoms with E-state index in [1.165, 1.54) is 0 Å². The third-order valence-electron chi connectivity index (χ3n) is 1.64. The fraction of sp³-hybridized carbons (Fsp3) is 0.714. The zero-order valence-electron chi connectivity index (χ0n) is 7.56. The molecule has 0 bridgehead atoms. The monoisotopic (exact) mass is 200 g/mol. The Morgan fingerprint density at radius 2 is 2.31 bits per heavy atom. The highest BCUT2D eigenvalue weighted by Gasteiger charge is 2.13. The van der Waals surface area contributed by atoms with Crippen molar-refractivity contribution in [1.29, 1.82) is 0 Å². The van der Waals surface area contributed by atoms with E-state index in [1.807, 2.05) is 0 Å². The first-order valence-corrected chi connectivity index (χ1v) is 4.32. The summed E-state index contributed by atoms with van der Waals surface area (Å²) in [5.41, 5.74) is 5.64. The van der Waals surface area contributed by atoms with E-state index in [0.717, 1.165) is 0 Å². The molecule has 1 atom stereocenters. The average Bonchev–Trinajstić information content (AvgIpc) is 2.11. The second-order valence-electron chi connectivity index (χ2n) is 2.76. The highest BCUT2D eigenvalue weighted by atomic mass is 32.1. The van der Waals surface area contributed by atoms with E-state index >= 15 is 0 Å². The van der Waals surface area contributed by atoms with Gasteiger partial charge in [0.1, 0.15) is 0 Å². The first kappa shape index (κ1) is 12.4. The number of hydrogen-bond donors (Lipinski definition) is 2. The van der Waals surface area contributed by atoms with Crippen molar-refractivity contribution in [3.05, 3.63) is 0 Å². The number of likely N-dealkylation sites (N-methyl/N-ethyl adjacent to an activating group) is 1. The van der Waals surface area contributed by atoms with Gasteiger partial charge in [-0.2, -0.15) is 0 Å². The smallest absolute Gasteiger partial charge is 0.303 e. The largest absolute Gasteiger partial charge is 0.481 e. The first-order valence-electron chi connectivity index (χ1n) is 3.91. The second-order valence-corrected chi connectivity index (χ2v) is 3.18. The van der Waals surface area contributed by atoms with Crippen LogP contribution in [0.2, 0.25) is 0 Å². The molecule has 2 radical (unpaired) electrons. The Hall–Kier alpha value is -0.615. The van der Waals surface area contributed by atoms with Gasteiger partial charge in [-0.25, -0.2) is 0 Å². The zero-order chi connectivity index (χ0) is 10.4. The maximum atomic E-state index is 10.2. The summed E-state index contributed by atoms with van der Waals surface area (Å²) in [6, 6.07) is -0.403. The number of nitrogens with two attached hydrogens (primary N) is 1. The summed E-state index contributed by atoms with van der Waals surface area (Å²) in [7, 11) is 7.06. The first-order chi connectivity index (χ1) is 5.99. The summed E-state index contributed by atoms with van der Waals surface area (Å²) >= 11 is 4.98. The van der Waals surface area contributed by atoms with Crippen LogP contribution in [0.1, 0.15) is 12.8 Å². The van der Waals surface area contributed by atoms with Crippen LogP contribution < -0.4 is 5.73 Å². The molecule has 0 spiro atoms. The van der Waals surface area contributed by atoms with Crippen LogP contribution in [0.4, 0.5) is 0 Å². The molecule has 3 N–H and O–H groups in total. The van der Waals surface area contributed by atoms with Crippen molar-refractivity contribution in [3.63, 3.8) is 0 Å². The molecule has 0 aromatic carbocycles. The summed E-state index contributed by atoms with van der Waals surface area (Å²) < 4.78 is 0. The van der Waals surface area contributed by atoms with Crippen LogP contribution in [-0.4, -0.2) is 48.3 Å². The highest BCUT2D eigenvalue weighted by molar-refractivity contribution is 7.80. The number of carbonyl (C=O) groups is 1. The maximum absolute atomic E-state index is 10.2. The molecule has 0 aliphatic rings. The number of rotatable bonds is 5. The Kier molecular flexibility index (Phi) is 5.65. The summed E-state index contributed by atoms with van der Waals surface area (Å²) in [6.45, 7) is 0. The van der Waals surface area contributed by atoms with E-state index in [4.69, 9.17) is 30.9 Å². The normalized spacial score (nSPS) is 12.2. The molecule has 0 aromatic rings. The molecule has 0 fully saturated rings. The summed E-state index contributed by atoms with van der Waals surface area (Å²) in [5, 5.41) is 8.40. The van der Waals surface area contributed by atoms with Gasteiger partial charge in [0.25, 0.3) is 0 Å². The van der Waals surface area contributed by atoms with Crippen LogP contribution in [0.3, 0.4) is 0 Å².